The lowest BCUT2D eigenvalue weighted by Crippen LogP contribution is -2.41. The Morgan fingerprint density at radius 1 is 1.20 bits per heavy atom. The number of nitrogens with zero attached hydrogens (tertiary/aromatic N) is 2. The highest BCUT2D eigenvalue weighted by Gasteiger charge is 2.35. The quantitative estimate of drug-likeness (QED) is 0.649. The minimum Gasteiger partial charge on any atom is -0.497 e. The summed E-state index contributed by atoms with van der Waals surface area (Å²) in [5, 5.41) is 10.4. The highest BCUT2D eigenvalue weighted by Crippen LogP contribution is 2.25. The van der Waals surface area contributed by atoms with E-state index in [4.69, 9.17) is 14.4 Å². The molecule has 1 N–H and O–H groups in total. The van der Waals surface area contributed by atoms with Crippen molar-refractivity contribution in [3.05, 3.63) is 60.1 Å². The molecule has 30 heavy (non-hydrogen) atoms. The topological polar surface area (TPSA) is 113 Å². The number of carbonyl (C=O) groups is 1. The maximum atomic E-state index is 12.9. The van der Waals surface area contributed by atoms with Crippen molar-refractivity contribution in [1.82, 2.24) is 9.62 Å². The van der Waals surface area contributed by atoms with Crippen molar-refractivity contribution >= 4 is 26.7 Å². The number of likely N-dealkylation sites (tertiary alicyclic amines) is 1. The Hall–Kier alpha value is -3.35. The summed E-state index contributed by atoms with van der Waals surface area (Å²) in [4.78, 5) is 14.3. The summed E-state index contributed by atoms with van der Waals surface area (Å²) in [6.45, 7) is 0.581. The fourth-order valence-electron chi connectivity index (χ4n) is 3.47. The molecule has 0 aliphatic carbocycles. The van der Waals surface area contributed by atoms with E-state index in [0.717, 1.165) is 10.8 Å². The van der Waals surface area contributed by atoms with Crippen LogP contribution < -0.4 is 9.46 Å². The van der Waals surface area contributed by atoms with Gasteiger partial charge < -0.3 is 14.1 Å². The Bertz CT molecular complexity index is 1260. The third kappa shape index (κ3) is 3.87. The molecule has 3 aromatic rings. The van der Waals surface area contributed by atoms with Crippen LogP contribution in [-0.2, 0) is 21.4 Å². The lowest BCUT2D eigenvalue weighted by molar-refractivity contribution is -0.129. The number of ether oxygens (including phenoxy) is 1. The van der Waals surface area contributed by atoms with Gasteiger partial charge in [-0.1, -0.05) is 12.1 Å². The first-order chi connectivity index (χ1) is 14.4. The molecule has 1 saturated heterocycles. The summed E-state index contributed by atoms with van der Waals surface area (Å²) >= 11 is 0. The second-order valence-electron chi connectivity index (χ2n) is 6.97. The van der Waals surface area contributed by atoms with Crippen LogP contribution in [0.2, 0.25) is 0 Å². The van der Waals surface area contributed by atoms with Crippen molar-refractivity contribution in [2.75, 3.05) is 13.7 Å². The van der Waals surface area contributed by atoms with Crippen LogP contribution in [0.4, 0.5) is 0 Å². The molecule has 0 bridgehead atoms. The smallest absolute Gasteiger partial charge is 0.241 e. The maximum absolute atomic E-state index is 12.9. The second kappa shape index (κ2) is 7.82. The van der Waals surface area contributed by atoms with Gasteiger partial charge in [0.1, 0.15) is 23.6 Å². The van der Waals surface area contributed by atoms with E-state index < -0.39 is 16.1 Å². The molecule has 8 nitrogen and oxygen atoms in total. The molecular weight excluding hydrogens is 406 g/mol. The van der Waals surface area contributed by atoms with E-state index in [1.807, 2.05) is 12.1 Å². The van der Waals surface area contributed by atoms with Gasteiger partial charge in [0.15, 0.2) is 0 Å². The van der Waals surface area contributed by atoms with Gasteiger partial charge in [0.2, 0.25) is 21.7 Å². The third-order valence-electron chi connectivity index (χ3n) is 5.04. The molecule has 0 radical (unpaired) electrons. The Morgan fingerprint density at radius 3 is 2.73 bits per heavy atom. The Balaban J connectivity index is 1.50. The van der Waals surface area contributed by atoms with Crippen molar-refractivity contribution in [3.63, 3.8) is 0 Å². The number of amides is 1. The number of carbonyl (C=O) groups excluding carboxylic acids is 1. The first-order valence-corrected chi connectivity index (χ1v) is 10.8. The molecule has 1 amide bonds. The van der Waals surface area contributed by atoms with Crippen LogP contribution in [0.5, 0.6) is 5.75 Å². The molecule has 154 valence electrons. The van der Waals surface area contributed by atoms with Gasteiger partial charge in [-0.05, 0) is 53.6 Å². The summed E-state index contributed by atoms with van der Waals surface area (Å²) in [6, 6.07) is 14.4. The van der Waals surface area contributed by atoms with Gasteiger partial charge in [0.25, 0.3) is 0 Å². The Labute approximate surface area is 173 Å². The molecule has 1 fully saturated rings. The summed E-state index contributed by atoms with van der Waals surface area (Å²) < 4.78 is 38.8. The molecule has 1 aromatic heterocycles. The van der Waals surface area contributed by atoms with Crippen molar-refractivity contribution in [2.45, 2.75) is 23.9 Å². The van der Waals surface area contributed by atoms with Crippen LogP contribution in [0.15, 0.2) is 57.8 Å². The maximum Gasteiger partial charge on any atom is 0.241 e. The van der Waals surface area contributed by atoms with Crippen molar-refractivity contribution in [3.8, 4) is 11.8 Å². The number of fused-ring (bicyclic) bond motifs is 1. The van der Waals surface area contributed by atoms with Crippen LogP contribution in [0.1, 0.15) is 17.9 Å². The van der Waals surface area contributed by atoms with E-state index in [1.54, 1.807) is 37.4 Å². The van der Waals surface area contributed by atoms with Gasteiger partial charge in [-0.2, -0.15) is 9.98 Å². The summed E-state index contributed by atoms with van der Waals surface area (Å²) in [5.74, 6) is 0.953. The summed E-state index contributed by atoms with van der Waals surface area (Å²) in [6.07, 6.45) is 0.352. The average molecular weight is 425 g/mol. The monoisotopic (exact) mass is 425 g/mol. The van der Waals surface area contributed by atoms with E-state index in [1.165, 1.54) is 17.0 Å². The standard InChI is InChI=1S/C21H19N3O5S/c1-28-16-4-2-14-3-7-19(11-15(14)10-16)30(26,27)23-20-8-9-24(21(20)25)13-18-6-5-17(12-22)29-18/h2-7,10-11,20,23H,8-9,13H2,1H3/t20-/m0/s1. The predicted octanol–water partition coefficient (Wildman–Crippen LogP) is 2.39. The largest absolute Gasteiger partial charge is 0.497 e. The van der Waals surface area contributed by atoms with E-state index in [2.05, 4.69) is 4.72 Å². The van der Waals surface area contributed by atoms with Crippen LogP contribution in [0, 0.1) is 11.3 Å². The molecule has 0 unspecified atom stereocenters. The molecule has 2 aromatic carbocycles. The number of nitriles is 1. The van der Waals surface area contributed by atoms with Crippen LogP contribution in [0.3, 0.4) is 0 Å². The molecule has 2 heterocycles. The highest BCUT2D eigenvalue weighted by molar-refractivity contribution is 7.89. The minimum atomic E-state index is -3.89. The predicted molar refractivity (Wildman–Crippen MR) is 108 cm³/mol. The summed E-state index contributed by atoms with van der Waals surface area (Å²) in [5.41, 5.74) is 0. The first kappa shape index (κ1) is 19.9. The number of sulfonamides is 1. The fraction of sp³-hybridized carbons (Fsp3) is 0.238. The number of benzene rings is 2. The number of furan rings is 1. The van der Waals surface area contributed by atoms with Crippen LogP contribution in [-0.4, -0.2) is 38.9 Å². The number of rotatable bonds is 6. The molecule has 0 saturated carbocycles. The normalized spacial score (nSPS) is 16.7. The van der Waals surface area contributed by atoms with Gasteiger partial charge in [-0.25, -0.2) is 8.42 Å². The van der Waals surface area contributed by atoms with Crippen molar-refractivity contribution in [1.29, 1.82) is 5.26 Å². The van der Waals surface area contributed by atoms with E-state index in [9.17, 15) is 13.2 Å². The number of nitrogens with one attached hydrogen (secondary N) is 1. The number of hydrogen-bond donors (Lipinski definition) is 1. The highest BCUT2D eigenvalue weighted by atomic mass is 32.2. The van der Waals surface area contributed by atoms with Gasteiger partial charge in [0, 0.05) is 6.54 Å². The van der Waals surface area contributed by atoms with E-state index in [0.29, 0.717) is 24.5 Å². The zero-order valence-corrected chi connectivity index (χ0v) is 17.0. The molecule has 1 aliphatic heterocycles. The van der Waals surface area contributed by atoms with E-state index >= 15 is 0 Å². The molecule has 1 atom stereocenters. The average Bonchev–Trinajstić information content (AvgIpc) is 3.34. The molecule has 0 spiro atoms. The third-order valence-corrected chi connectivity index (χ3v) is 6.51. The minimum absolute atomic E-state index is 0.0826. The van der Waals surface area contributed by atoms with Gasteiger partial charge >= 0.3 is 0 Å². The molecule has 4 rings (SSSR count). The zero-order valence-electron chi connectivity index (χ0n) is 16.2. The number of methoxy groups -OCH3 is 1. The molecule has 1 aliphatic rings. The van der Waals surface area contributed by atoms with Gasteiger partial charge in [-0.15, -0.1) is 0 Å². The van der Waals surface area contributed by atoms with Crippen LogP contribution >= 0.6 is 0 Å². The first-order valence-electron chi connectivity index (χ1n) is 9.27. The lowest BCUT2D eigenvalue weighted by Gasteiger charge is -2.16. The Kier molecular flexibility index (Phi) is 5.20. The van der Waals surface area contributed by atoms with Crippen molar-refractivity contribution in [2.24, 2.45) is 0 Å². The van der Waals surface area contributed by atoms with Crippen LogP contribution in [0.25, 0.3) is 10.8 Å². The number of hydrogen-bond acceptors (Lipinski definition) is 6. The lowest BCUT2D eigenvalue weighted by atomic mass is 10.1. The SMILES string of the molecule is COc1ccc2ccc(S(=O)(=O)N[C@H]3CCN(Cc4ccc(C#N)o4)C3=O)cc2c1. The van der Waals surface area contributed by atoms with Gasteiger partial charge in [-0.3, -0.25) is 4.79 Å². The van der Waals surface area contributed by atoms with Gasteiger partial charge in [0.05, 0.1) is 18.6 Å². The Morgan fingerprint density at radius 2 is 2.00 bits per heavy atom. The van der Waals surface area contributed by atoms with E-state index in [-0.39, 0.29) is 23.1 Å². The van der Waals surface area contributed by atoms with Crippen molar-refractivity contribution < 1.29 is 22.4 Å². The zero-order chi connectivity index (χ0) is 21.3. The molecule has 9 heteroatoms. The molecular formula is C21H19N3O5S. The fourth-order valence-corrected chi connectivity index (χ4v) is 4.73. The summed E-state index contributed by atoms with van der Waals surface area (Å²) in [7, 11) is -2.34. The second-order valence-corrected chi connectivity index (χ2v) is 8.69.